The average Bonchev–Trinajstić information content (AvgIpc) is 3.12. The van der Waals surface area contributed by atoms with Crippen molar-refractivity contribution in [2.75, 3.05) is 40.5 Å². The Bertz CT molecular complexity index is 699. The molecule has 0 atom stereocenters. The van der Waals surface area contributed by atoms with Crippen LogP contribution in [0.2, 0.25) is 5.02 Å². The second-order valence-corrected chi connectivity index (χ2v) is 5.77. The number of aromatic nitrogens is 2. The Kier molecular flexibility index (Phi) is 12.0. The van der Waals surface area contributed by atoms with E-state index in [0.717, 1.165) is 18.5 Å². The van der Waals surface area contributed by atoms with Crippen LogP contribution in [0.1, 0.15) is 12.3 Å². The second-order valence-electron chi connectivity index (χ2n) is 5.33. The molecule has 2 rings (SSSR count). The third-order valence-electron chi connectivity index (χ3n) is 3.37. The molecule has 0 amide bonds. The zero-order valence-electron chi connectivity index (χ0n) is 15.4. The molecule has 0 spiro atoms. The highest BCUT2D eigenvalue weighted by Crippen LogP contribution is 2.19. The van der Waals surface area contributed by atoms with Crippen molar-refractivity contribution in [3.8, 4) is 11.4 Å². The topological polar surface area (TPSA) is 93.8 Å². The number of halogens is 2. The predicted molar refractivity (Wildman–Crippen MR) is 116 cm³/mol. The van der Waals surface area contributed by atoms with E-state index in [0.29, 0.717) is 49.1 Å². The molecule has 0 aliphatic heterocycles. The second kappa shape index (κ2) is 13.7. The van der Waals surface area contributed by atoms with Gasteiger partial charge in [-0.3, -0.25) is 4.99 Å². The summed E-state index contributed by atoms with van der Waals surface area (Å²) in [5.41, 5.74) is 0.809. The maximum Gasteiger partial charge on any atom is 0.246 e. The van der Waals surface area contributed by atoms with Crippen molar-refractivity contribution in [2.24, 2.45) is 4.99 Å². The number of guanidine groups is 1. The normalized spacial score (nSPS) is 11.1. The smallest absolute Gasteiger partial charge is 0.246 e. The van der Waals surface area contributed by atoms with E-state index in [9.17, 15) is 0 Å². The average molecular weight is 510 g/mol. The maximum atomic E-state index is 5.98. The Labute approximate surface area is 181 Å². The van der Waals surface area contributed by atoms with Crippen LogP contribution in [0.3, 0.4) is 0 Å². The summed E-state index contributed by atoms with van der Waals surface area (Å²) in [5, 5.41) is 10.9. The van der Waals surface area contributed by atoms with Crippen molar-refractivity contribution in [3.05, 3.63) is 35.2 Å². The molecule has 0 radical (unpaired) electrons. The van der Waals surface area contributed by atoms with E-state index >= 15 is 0 Å². The highest BCUT2D eigenvalue weighted by Gasteiger charge is 2.09. The van der Waals surface area contributed by atoms with Crippen LogP contribution in [0.4, 0.5) is 0 Å². The third kappa shape index (κ3) is 8.87. The van der Waals surface area contributed by atoms with Crippen molar-refractivity contribution in [1.29, 1.82) is 0 Å². The molecule has 0 fully saturated rings. The largest absolute Gasteiger partial charge is 0.382 e. The monoisotopic (exact) mass is 509 g/mol. The van der Waals surface area contributed by atoms with Gasteiger partial charge in [0.1, 0.15) is 0 Å². The number of hydrogen-bond donors (Lipinski definition) is 2. The van der Waals surface area contributed by atoms with Gasteiger partial charge in [0.05, 0.1) is 19.8 Å². The highest BCUT2D eigenvalue weighted by molar-refractivity contribution is 14.0. The Hall–Kier alpha value is -1.43. The maximum absolute atomic E-state index is 5.98. The number of nitrogens with zero attached hydrogens (tertiary/aromatic N) is 3. The number of hydrogen-bond acceptors (Lipinski definition) is 6. The number of benzene rings is 1. The minimum Gasteiger partial charge on any atom is -0.382 e. The zero-order chi connectivity index (χ0) is 18.6. The van der Waals surface area contributed by atoms with Gasteiger partial charge < -0.3 is 24.6 Å². The van der Waals surface area contributed by atoms with Crippen molar-refractivity contribution in [1.82, 2.24) is 20.8 Å². The molecule has 0 aliphatic rings. The van der Waals surface area contributed by atoms with E-state index < -0.39 is 0 Å². The number of methoxy groups -OCH3 is 1. The van der Waals surface area contributed by atoms with Gasteiger partial charge in [-0.2, -0.15) is 4.98 Å². The zero-order valence-corrected chi connectivity index (χ0v) is 18.5. The molecule has 10 heteroatoms. The first-order valence-electron chi connectivity index (χ1n) is 8.32. The van der Waals surface area contributed by atoms with Crippen LogP contribution in [0.25, 0.3) is 11.4 Å². The third-order valence-corrected chi connectivity index (χ3v) is 3.61. The molecule has 0 aliphatic carbocycles. The van der Waals surface area contributed by atoms with Gasteiger partial charge in [0.25, 0.3) is 0 Å². The van der Waals surface area contributed by atoms with E-state index in [-0.39, 0.29) is 24.0 Å². The molecule has 8 nitrogen and oxygen atoms in total. The Morgan fingerprint density at radius 2 is 2.11 bits per heavy atom. The number of nitrogens with one attached hydrogen (secondary N) is 2. The summed E-state index contributed by atoms with van der Waals surface area (Å²) in [7, 11) is 3.36. The minimum absolute atomic E-state index is 0. The van der Waals surface area contributed by atoms with E-state index in [1.807, 2.05) is 12.1 Å². The summed E-state index contributed by atoms with van der Waals surface area (Å²) >= 11 is 5.98. The molecular weight excluding hydrogens is 485 g/mol. The molecule has 0 saturated carbocycles. The molecule has 2 aromatic rings. The first-order chi connectivity index (χ1) is 12.7. The van der Waals surface area contributed by atoms with Gasteiger partial charge in [-0.05, 0) is 18.6 Å². The summed E-state index contributed by atoms with van der Waals surface area (Å²) in [6, 6.07) is 7.31. The van der Waals surface area contributed by atoms with Gasteiger partial charge in [-0.15, -0.1) is 24.0 Å². The van der Waals surface area contributed by atoms with Gasteiger partial charge in [0.2, 0.25) is 11.7 Å². The van der Waals surface area contributed by atoms with Crippen LogP contribution in [-0.2, 0) is 16.0 Å². The van der Waals surface area contributed by atoms with Gasteiger partial charge in [0, 0.05) is 37.9 Å². The summed E-state index contributed by atoms with van der Waals surface area (Å²) in [6.45, 7) is 3.00. The lowest BCUT2D eigenvalue weighted by Gasteiger charge is -2.10. The van der Waals surface area contributed by atoms with E-state index in [4.69, 9.17) is 25.6 Å². The number of rotatable bonds is 10. The van der Waals surface area contributed by atoms with Crippen molar-refractivity contribution in [2.45, 2.75) is 13.0 Å². The lowest BCUT2D eigenvalue weighted by molar-refractivity contribution is 0.0698. The highest BCUT2D eigenvalue weighted by atomic mass is 127. The molecule has 1 heterocycles. The SMILES string of the molecule is CN=C(NCCCOCCOC)NCc1nc(-c2cccc(Cl)c2)no1.I. The summed E-state index contributed by atoms with van der Waals surface area (Å²) in [4.78, 5) is 8.51. The fraction of sp³-hybridized carbons (Fsp3) is 0.471. The Morgan fingerprint density at radius 1 is 1.26 bits per heavy atom. The molecule has 1 aromatic heterocycles. The van der Waals surface area contributed by atoms with E-state index in [1.54, 1.807) is 26.3 Å². The van der Waals surface area contributed by atoms with Gasteiger partial charge in [0.15, 0.2) is 5.96 Å². The van der Waals surface area contributed by atoms with Crippen LogP contribution < -0.4 is 10.6 Å². The summed E-state index contributed by atoms with van der Waals surface area (Å²) in [6.07, 6.45) is 0.865. The molecule has 2 N–H and O–H groups in total. The quantitative estimate of drug-likeness (QED) is 0.220. The lowest BCUT2D eigenvalue weighted by atomic mass is 10.2. The molecule has 0 bridgehead atoms. The summed E-state index contributed by atoms with van der Waals surface area (Å²) < 4.78 is 15.6. The van der Waals surface area contributed by atoms with Crippen LogP contribution in [0, 0.1) is 0 Å². The lowest BCUT2D eigenvalue weighted by Crippen LogP contribution is -2.37. The fourth-order valence-electron chi connectivity index (χ4n) is 2.08. The van der Waals surface area contributed by atoms with Gasteiger partial charge >= 0.3 is 0 Å². The van der Waals surface area contributed by atoms with Gasteiger partial charge in [-0.1, -0.05) is 28.9 Å². The Balaban J connectivity index is 0.00000364. The number of ether oxygens (including phenoxy) is 2. The van der Waals surface area contributed by atoms with Crippen LogP contribution in [0.15, 0.2) is 33.8 Å². The van der Waals surface area contributed by atoms with Crippen molar-refractivity contribution >= 4 is 41.5 Å². The van der Waals surface area contributed by atoms with Crippen LogP contribution in [-0.4, -0.2) is 56.6 Å². The molecule has 27 heavy (non-hydrogen) atoms. The Morgan fingerprint density at radius 3 is 2.85 bits per heavy atom. The van der Waals surface area contributed by atoms with Crippen LogP contribution >= 0.6 is 35.6 Å². The fourth-order valence-corrected chi connectivity index (χ4v) is 2.27. The van der Waals surface area contributed by atoms with Crippen LogP contribution in [0.5, 0.6) is 0 Å². The molecule has 1 aromatic carbocycles. The van der Waals surface area contributed by atoms with Gasteiger partial charge in [-0.25, -0.2) is 0 Å². The molecule has 0 unspecified atom stereocenters. The van der Waals surface area contributed by atoms with Crippen molar-refractivity contribution in [3.63, 3.8) is 0 Å². The molecule has 0 saturated heterocycles. The molecule has 150 valence electrons. The van der Waals surface area contributed by atoms with Crippen molar-refractivity contribution < 1.29 is 14.0 Å². The summed E-state index contributed by atoms with van der Waals surface area (Å²) in [5.74, 6) is 1.62. The first-order valence-corrected chi connectivity index (χ1v) is 8.70. The predicted octanol–water partition coefficient (Wildman–Crippen LogP) is 2.73. The van der Waals surface area contributed by atoms with E-state index in [2.05, 4.69) is 25.8 Å². The standard InChI is InChI=1S/C17H24ClN5O3.HI/c1-19-17(20-7-4-8-25-10-9-24-2)21-12-15-22-16(23-26-15)13-5-3-6-14(18)11-13;/h3,5-6,11H,4,7-10,12H2,1-2H3,(H2,19,20,21);1H. The van der Waals surface area contributed by atoms with E-state index in [1.165, 1.54) is 0 Å². The minimum atomic E-state index is 0. The first kappa shape index (κ1) is 23.6. The molecular formula is C17H25ClIN5O3. The number of aliphatic imine (C=N–C) groups is 1.